The highest BCUT2D eigenvalue weighted by Gasteiger charge is 2.07. The molecule has 0 saturated carbocycles. The Morgan fingerprint density at radius 2 is 1.56 bits per heavy atom. The van der Waals surface area contributed by atoms with E-state index in [1.165, 1.54) is 11.1 Å². The summed E-state index contributed by atoms with van der Waals surface area (Å²) in [5, 5.41) is 3.31. The van der Waals surface area contributed by atoms with Gasteiger partial charge in [-0.1, -0.05) is 13.8 Å². The highest BCUT2D eigenvalue weighted by atomic mass is 16.5. The summed E-state index contributed by atoms with van der Waals surface area (Å²) in [4.78, 5) is 0. The zero-order valence-electron chi connectivity index (χ0n) is 10.7. The maximum Gasteiger partial charge on any atom is 0.0827 e. The van der Waals surface area contributed by atoms with Crippen LogP contribution in [0, 0.1) is 0 Å². The zero-order chi connectivity index (χ0) is 12.2. The minimum atomic E-state index is 0.892. The van der Waals surface area contributed by atoms with Crippen LogP contribution in [0.2, 0.25) is 0 Å². The second-order valence-electron chi connectivity index (χ2n) is 3.05. The van der Waals surface area contributed by atoms with Gasteiger partial charge in [0.15, 0.2) is 0 Å². The minimum absolute atomic E-state index is 0.892. The van der Waals surface area contributed by atoms with Gasteiger partial charge in [0, 0.05) is 6.54 Å². The number of hydrogen-bond donors (Lipinski definition) is 1. The molecule has 0 unspecified atom stereocenters. The lowest BCUT2D eigenvalue weighted by molar-refractivity contribution is 0.336. The number of nitrogens with one attached hydrogen (secondary N) is 1. The average molecular weight is 225 g/mol. The van der Waals surface area contributed by atoms with Crippen LogP contribution in [0.25, 0.3) is 0 Å². The van der Waals surface area contributed by atoms with Crippen molar-refractivity contribution in [1.29, 1.82) is 0 Å². The van der Waals surface area contributed by atoms with Crippen LogP contribution in [0.1, 0.15) is 20.3 Å². The molecule has 0 aromatic heterocycles. The van der Waals surface area contributed by atoms with Gasteiger partial charge in [-0.15, -0.1) is 0 Å². The van der Waals surface area contributed by atoms with Gasteiger partial charge in [0.1, 0.15) is 0 Å². The molecule has 1 N–H and O–H groups in total. The SMILES string of the molecule is CC.CO/C=C/C1=C(/C=C/OC)CNCC1. The molecule has 92 valence electrons. The number of hydrogen-bond acceptors (Lipinski definition) is 3. The van der Waals surface area contributed by atoms with Gasteiger partial charge in [0.2, 0.25) is 0 Å². The molecule has 3 nitrogen and oxygen atoms in total. The third-order valence-electron chi connectivity index (χ3n) is 2.11. The maximum atomic E-state index is 4.91. The van der Waals surface area contributed by atoms with Gasteiger partial charge in [0.05, 0.1) is 26.7 Å². The molecule has 1 aliphatic rings. The van der Waals surface area contributed by atoms with E-state index in [1.807, 2.05) is 26.0 Å². The van der Waals surface area contributed by atoms with Crippen molar-refractivity contribution in [3.8, 4) is 0 Å². The summed E-state index contributed by atoms with van der Waals surface area (Å²) in [5.41, 5.74) is 2.56. The Morgan fingerprint density at radius 3 is 2.12 bits per heavy atom. The molecule has 0 aliphatic carbocycles. The van der Waals surface area contributed by atoms with E-state index in [-0.39, 0.29) is 0 Å². The molecule has 1 heterocycles. The van der Waals surface area contributed by atoms with Crippen molar-refractivity contribution < 1.29 is 9.47 Å². The summed E-state index contributed by atoms with van der Waals surface area (Å²) in [6.07, 6.45) is 8.44. The molecule has 0 saturated heterocycles. The lowest BCUT2D eigenvalue weighted by atomic mass is 10.0. The van der Waals surface area contributed by atoms with Crippen molar-refractivity contribution in [2.45, 2.75) is 20.3 Å². The van der Waals surface area contributed by atoms with Gasteiger partial charge < -0.3 is 14.8 Å². The van der Waals surface area contributed by atoms with Crippen molar-refractivity contribution in [2.24, 2.45) is 0 Å². The van der Waals surface area contributed by atoms with Gasteiger partial charge >= 0.3 is 0 Å². The molecule has 0 fully saturated rings. The molecule has 0 spiro atoms. The minimum Gasteiger partial charge on any atom is -0.504 e. The molecule has 0 radical (unpaired) electrons. The zero-order valence-corrected chi connectivity index (χ0v) is 10.7. The molecule has 0 aromatic rings. The van der Waals surface area contributed by atoms with Crippen LogP contribution in [-0.4, -0.2) is 27.3 Å². The molecule has 16 heavy (non-hydrogen) atoms. The molecular formula is C13H23NO2. The summed E-state index contributed by atoms with van der Waals surface area (Å²) >= 11 is 0. The second-order valence-corrected chi connectivity index (χ2v) is 3.05. The lowest BCUT2D eigenvalue weighted by Crippen LogP contribution is -2.24. The fraction of sp³-hybridized carbons (Fsp3) is 0.538. The maximum absolute atomic E-state index is 4.91. The second kappa shape index (κ2) is 10.3. The van der Waals surface area contributed by atoms with E-state index in [1.54, 1.807) is 26.7 Å². The van der Waals surface area contributed by atoms with Crippen molar-refractivity contribution >= 4 is 0 Å². The molecule has 0 bridgehead atoms. The predicted octanol–water partition coefficient (Wildman–Crippen LogP) is 2.62. The van der Waals surface area contributed by atoms with Crippen LogP contribution in [0.15, 0.2) is 35.8 Å². The van der Waals surface area contributed by atoms with E-state index < -0.39 is 0 Å². The quantitative estimate of drug-likeness (QED) is 0.746. The van der Waals surface area contributed by atoms with Crippen LogP contribution < -0.4 is 5.32 Å². The highest BCUT2D eigenvalue weighted by molar-refractivity contribution is 5.35. The third kappa shape index (κ3) is 5.61. The summed E-state index contributed by atoms with van der Waals surface area (Å²) in [5.74, 6) is 0. The average Bonchev–Trinajstić information content (AvgIpc) is 2.37. The molecule has 0 atom stereocenters. The van der Waals surface area contributed by atoms with E-state index in [0.29, 0.717) is 0 Å². The van der Waals surface area contributed by atoms with Crippen LogP contribution >= 0.6 is 0 Å². The molecule has 0 amide bonds. The first-order valence-electron chi connectivity index (χ1n) is 5.70. The Morgan fingerprint density at radius 1 is 1.00 bits per heavy atom. The summed E-state index contributed by atoms with van der Waals surface area (Å²) in [6.45, 7) is 5.91. The third-order valence-corrected chi connectivity index (χ3v) is 2.11. The number of rotatable bonds is 4. The van der Waals surface area contributed by atoms with Crippen LogP contribution in [0.5, 0.6) is 0 Å². The van der Waals surface area contributed by atoms with Gasteiger partial charge in [0.25, 0.3) is 0 Å². The fourth-order valence-electron chi connectivity index (χ4n) is 1.38. The summed E-state index contributed by atoms with van der Waals surface area (Å²) < 4.78 is 9.81. The summed E-state index contributed by atoms with van der Waals surface area (Å²) in [6, 6.07) is 0. The van der Waals surface area contributed by atoms with Crippen molar-refractivity contribution in [1.82, 2.24) is 5.32 Å². The van der Waals surface area contributed by atoms with E-state index in [9.17, 15) is 0 Å². The molecular weight excluding hydrogens is 202 g/mol. The smallest absolute Gasteiger partial charge is 0.0827 e. The Balaban J connectivity index is 0.00000106. The van der Waals surface area contributed by atoms with E-state index >= 15 is 0 Å². The summed E-state index contributed by atoms with van der Waals surface area (Å²) in [7, 11) is 3.31. The van der Waals surface area contributed by atoms with Crippen LogP contribution in [0.3, 0.4) is 0 Å². The molecule has 1 rings (SSSR count). The Bertz CT molecular complexity index is 229. The standard InChI is InChI=1S/C11H17NO2.C2H6/c1-13-7-4-10-3-6-12-9-11(10)5-8-14-2;1-2/h4-5,7-8,12H,3,6,9H2,1-2H3;1-2H3/b7-4+,8-5+;. The van der Waals surface area contributed by atoms with Crippen LogP contribution in [-0.2, 0) is 9.47 Å². The number of allylic oxidation sites excluding steroid dienone is 1. The number of methoxy groups -OCH3 is 2. The largest absolute Gasteiger partial charge is 0.504 e. The van der Waals surface area contributed by atoms with Crippen molar-refractivity contribution in [2.75, 3.05) is 27.3 Å². The predicted molar refractivity (Wildman–Crippen MR) is 68.2 cm³/mol. The highest BCUT2D eigenvalue weighted by Crippen LogP contribution is 2.15. The first kappa shape index (κ1) is 14.8. The molecule has 1 aliphatic heterocycles. The first-order chi connectivity index (χ1) is 7.88. The molecule has 3 heteroatoms. The lowest BCUT2D eigenvalue weighted by Gasteiger charge is -2.16. The normalized spacial score (nSPS) is 16.2. The van der Waals surface area contributed by atoms with Crippen molar-refractivity contribution in [3.63, 3.8) is 0 Å². The molecule has 0 aromatic carbocycles. The van der Waals surface area contributed by atoms with Crippen molar-refractivity contribution in [3.05, 3.63) is 35.8 Å². The Hall–Kier alpha value is -1.22. The van der Waals surface area contributed by atoms with Gasteiger partial charge in [-0.2, -0.15) is 0 Å². The number of ether oxygens (including phenoxy) is 2. The topological polar surface area (TPSA) is 30.5 Å². The van der Waals surface area contributed by atoms with E-state index in [2.05, 4.69) is 5.32 Å². The van der Waals surface area contributed by atoms with Gasteiger partial charge in [-0.25, -0.2) is 0 Å². The van der Waals surface area contributed by atoms with Gasteiger partial charge in [-0.05, 0) is 36.3 Å². The Labute approximate surface area is 98.8 Å². The fourth-order valence-corrected chi connectivity index (χ4v) is 1.38. The van der Waals surface area contributed by atoms with Crippen LogP contribution in [0.4, 0.5) is 0 Å². The van der Waals surface area contributed by atoms with Gasteiger partial charge in [-0.3, -0.25) is 0 Å². The Kier molecular flexibility index (Phi) is 9.52. The first-order valence-corrected chi connectivity index (χ1v) is 5.70. The monoisotopic (exact) mass is 225 g/mol. The van der Waals surface area contributed by atoms with E-state index in [0.717, 1.165) is 19.5 Å². The van der Waals surface area contributed by atoms with E-state index in [4.69, 9.17) is 9.47 Å².